The molecule has 0 radical (unpaired) electrons. The van der Waals surface area contributed by atoms with Crippen LogP contribution < -0.4 is 142 Å². The molecule has 4 aromatic carbocycles. The Morgan fingerprint density at radius 3 is 0.867 bits per heavy atom. The van der Waals surface area contributed by atoms with Crippen molar-refractivity contribution in [1.82, 2.24) is 0 Å². The molecule has 18 heteroatoms. The summed E-state index contributed by atoms with van der Waals surface area (Å²) in [5.41, 5.74) is 5.13. The van der Waals surface area contributed by atoms with Gasteiger partial charge in [0.15, 0.2) is 15.2 Å². The third kappa shape index (κ3) is 14.2. The number of methoxy groups -OCH3 is 4. The molecule has 1 aliphatic carbocycles. The molecular weight excluding hydrogens is 869 g/mol. The summed E-state index contributed by atoms with van der Waals surface area (Å²) in [5.74, 6) is 2.01. The molecule has 0 aromatic heterocycles. The molecule has 2 unspecified atom stereocenters. The van der Waals surface area contributed by atoms with E-state index in [0.717, 1.165) is 14.2 Å². The van der Waals surface area contributed by atoms with E-state index in [-0.39, 0.29) is 192 Å². The van der Waals surface area contributed by atoms with Gasteiger partial charge in [-0.25, -0.2) is 0 Å². The average molecular weight is 921 g/mol. The van der Waals surface area contributed by atoms with Crippen LogP contribution in [0.2, 0.25) is 0 Å². The van der Waals surface area contributed by atoms with E-state index in [1.165, 1.54) is 0 Å². The molecule has 0 saturated carbocycles. The predicted octanol–water partition coefficient (Wildman–Crippen LogP) is -1.88. The molecule has 0 N–H and O–H groups in total. The van der Waals surface area contributed by atoms with Gasteiger partial charge in [0.1, 0.15) is 49.4 Å². The van der Waals surface area contributed by atoms with E-state index in [1.807, 2.05) is 36.4 Å². The molecule has 316 valence electrons. The van der Waals surface area contributed by atoms with E-state index < -0.39 is 15.2 Å². The first-order chi connectivity index (χ1) is 28.0. The van der Waals surface area contributed by atoms with Crippen molar-refractivity contribution in [3.05, 3.63) is 105 Å². The fourth-order valence-electron chi connectivity index (χ4n) is 6.83. The zero-order valence-electron chi connectivity index (χ0n) is 35.9. The number of rotatable bonds is 20. The monoisotopic (exact) mass is 920 g/mol. The largest absolute Gasteiger partial charge is 1.00 e. The Bertz CT molecular complexity index is 1860. The third-order valence-corrected chi connectivity index (χ3v) is 12.3. The molecule has 0 heterocycles. The van der Waals surface area contributed by atoms with Crippen molar-refractivity contribution in [1.29, 1.82) is 0 Å². The zero-order valence-corrected chi connectivity index (χ0v) is 43.9. The zero-order chi connectivity index (χ0) is 41.7. The Hall–Kier alpha value is -0.507. The molecule has 0 amide bonds. The third-order valence-electron chi connectivity index (χ3n) is 9.58. The maximum absolute atomic E-state index is 13.4. The van der Waals surface area contributed by atoms with Crippen LogP contribution in [0.25, 0.3) is 0 Å². The predicted molar refractivity (Wildman–Crippen MR) is 215 cm³/mol. The average Bonchev–Trinajstić information content (AvgIpc) is 3.21. The second-order valence-corrected chi connectivity index (χ2v) is 17.2. The number of para-hydroxylation sites is 2. The van der Waals surface area contributed by atoms with Crippen LogP contribution in [0.15, 0.2) is 60.7 Å². The standard InChI is InChI=1S/C42H54O14P2.2K/c1-47-13-17-53-39-29-9-7-10-30(39)22-34-26-38(58(45,46)52-6)28-36(42(34)56-20-16-50-4)24-32-12-8-11-31(40(32)54-18-14-48-2)23-35-27-37(57(43,44)51-5)25-33(21-29)41(35)55-19-15-49-3;;/h7-12,25-28H,13-24H2,1-6H3,(H,43,44)(H,45,46);;/q;2*+1/p-2. The van der Waals surface area contributed by atoms with Crippen LogP contribution in [-0.4, -0.2) is 95.5 Å². The fourth-order valence-corrected chi connectivity index (χ4v) is 8.51. The van der Waals surface area contributed by atoms with Gasteiger partial charge in [-0.05, 0) is 68.8 Å². The molecule has 4 aromatic rings. The molecule has 0 aliphatic heterocycles. The first-order valence-corrected chi connectivity index (χ1v) is 21.8. The number of fused-ring (bicyclic) bond motifs is 8. The van der Waals surface area contributed by atoms with Crippen LogP contribution in [0.3, 0.4) is 0 Å². The van der Waals surface area contributed by atoms with Gasteiger partial charge in [0.2, 0.25) is 0 Å². The molecule has 14 nitrogen and oxygen atoms in total. The number of hydrogen-bond acceptors (Lipinski definition) is 14. The van der Waals surface area contributed by atoms with Gasteiger partial charge in [-0.3, -0.25) is 0 Å². The quantitative estimate of drug-likeness (QED) is 0.0483. The minimum Gasteiger partial charge on any atom is -0.775 e. The molecule has 0 fully saturated rings. The van der Waals surface area contributed by atoms with Gasteiger partial charge in [-0.1, -0.05) is 36.4 Å². The van der Waals surface area contributed by atoms with Crippen LogP contribution in [0.5, 0.6) is 23.0 Å². The SMILES string of the molecule is COCCOc1c2cccc1Cc1cc(P(=O)([O-])OC)cc(c1OCCOC)Cc1cccc(c1OCCOC)Cc1cc(P(=O)([O-])OC)cc(c1OCCOC)C2.[K+].[K+]. The van der Waals surface area contributed by atoms with Crippen molar-refractivity contribution < 1.29 is 169 Å². The smallest absolute Gasteiger partial charge is 0.775 e. The molecular formula is C42H52K2O14P2. The Morgan fingerprint density at radius 1 is 0.417 bits per heavy atom. The maximum Gasteiger partial charge on any atom is 1.00 e. The second-order valence-electron chi connectivity index (χ2n) is 13.4. The summed E-state index contributed by atoms with van der Waals surface area (Å²) in [6.07, 6.45) is 0.731. The molecule has 0 saturated heterocycles. The Balaban J connectivity index is 0.00000480. The number of ether oxygens (including phenoxy) is 8. The van der Waals surface area contributed by atoms with Gasteiger partial charge >= 0.3 is 103 Å². The van der Waals surface area contributed by atoms with Crippen molar-refractivity contribution in [2.75, 3.05) is 95.5 Å². The summed E-state index contributed by atoms with van der Waals surface area (Å²) >= 11 is 0. The van der Waals surface area contributed by atoms with Crippen molar-refractivity contribution in [2.45, 2.75) is 25.7 Å². The van der Waals surface area contributed by atoms with E-state index in [4.69, 9.17) is 46.9 Å². The fraction of sp³-hybridized carbons (Fsp3) is 0.429. The van der Waals surface area contributed by atoms with E-state index in [0.29, 0.717) is 67.5 Å². The number of benzene rings is 4. The minimum absolute atomic E-state index is 0. The first-order valence-electron chi connectivity index (χ1n) is 18.7. The summed E-state index contributed by atoms with van der Waals surface area (Å²) in [4.78, 5) is 26.9. The Morgan fingerprint density at radius 2 is 0.650 bits per heavy atom. The summed E-state index contributed by atoms with van der Waals surface area (Å²) < 4.78 is 84.1. The molecule has 0 spiro atoms. The molecule has 8 bridgehead atoms. The maximum atomic E-state index is 13.4. The summed E-state index contributed by atoms with van der Waals surface area (Å²) in [6.45, 7) is 1.93. The van der Waals surface area contributed by atoms with Crippen LogP contribution in [0, 0.1) is 0 Å². The van der Waals surface area contributed by atoms with E-state index >= 15 is 0 Å². The number of hydrogen-bond donors (Lipinski definition) is 0. The first kappa shape index (κ1) is 53.8. The minimum atomic E-state index is -4.52. The van der Waals surface area contributed by atoms with Gasteiger partial charge in [-0.15, -0.1) is 0 Å². The van der Waals surface area contributed by atoms with Crippen LogP contribution in [-0.2, 0) is 62.8 Å². The van der Waals surface area contributed by atoms with Crippen molar-refractivity contribution in [3.8, 4) is 23.0 Å². The molecule has 5 rings (SSSR count). The van der Waals surface area contributed by atoms with E-state index in [2.05, 4.69) is 0 Å². The molecule has 2 atom stereocenters. The second kappa shape index (κ2) is 26.5. The summed E-state index contributed by atoms with van der Waals surface area (Å²) in [7, 11) is -0.460. The Kier molecular flexibility index (Phi) is 23.7. The van der Waals surface area contributed by atoms with Gasteiger partial charge in [-0.2, -0.15) is 0 Å². The van der Waals surface area contributed by atoms with Gasteiger partial charge < -0.3 is 65.9 Å². The Labute approximate surface area is 438 Å². The van der Waals surface area contributed by atoms with Crippen molar-refractivity contribution in [3.63, 3.8) is 0 Å². The van der Waals surface area contributed by atoms with Gasteiger partial charge in [0, 0.05) is 79.0 Å². The summed E-state index contributed by atoms with van der Waals surface area (Å²) in [6, 6.07) is 17.6. The van der Waals surface area contributed by atoms with Crippen LogP contribution in [0.4, 0.5) is 0 Å². The van der Waals surface area contributed by atoms with Gasteiger partial charge in [0.05, 0.1) is 26.4 Å². The van der Waals surface area contributed by atoms with Crippen molar-refractivity contribution in [2.24, 2.45) is 0 Å². The van der Waals surface area contributed by atoms with E-state index in [9.17, 15) is 18.9 Å². The van der Waals surface area contributed by atoms with Crippen molar-refractivity contribution >= 4 is 25.8 Å². The molecule has 1 aliphatic rings. The van der Waals surface area contributed by atoms with Gasteiger partial charge in [0.25, 0.3) is 0 Å². The topological polar surface area (TPSA) is 173 Å². The van der Waals surface area contributed by atoms with E-state index in [1.54, 1.807) is 52.7 Å². The summed E-state index contributed by atoms with van der Waals surface area (Å²) in [5, 5.41) is -0.0338. The van der Waals surface area contributed by atoms with Crippen LogP contribution in [0.1, 0.15) is 44.5 Å². The normalized spacial score (nSPS) is 14.1. The van der Waals surface area contributed by atoms with Crippen LogP contribution >= 0.6 is 15.2 Å². The molecule has 60 heavy (non-hydrogen) atoms.